The first kappa shape index (κ1) is 17.9. The average Bonchev–Trinajstić information content (AvgIpc) is 2.98. The lowest BCUT2D eigenvalue weighted by Gasteiger charge is -2.24. The third-order valence-corrected chi connectivity index (χ3v) is 5.48. The first-order valence-corrected chi connectivity index (χ1v) is 9.66. The number of hydrogen-bond donors (Lipinski definition) is 1. The fourth-order valence-electron chi connectivity index (χ4n) is 2.78. The molecule has 7 nitrogen and oxygen atoms in total. The van der Waals surface area contributed by atoms with Crippen LogP contribution in [0.4, 0.5) is 5.69 Å². The number of carbonyl (C=O) groups excluding carboxylic acids is 1. The van der Waals surface area contributed by atoms with Crippen LogP contribution in [0.25, 0.3) is 5.65 Å². The predicted octanol–water partition coefficient (Wildman–Crippen LogP) is 2.07. The summed E-state index contributed by atoms with van der Waals surface area (Å²) in [5.74, 6) is -0.625. The second-order valence-corrected chi connectivity index (χ2v) is 7.45. The van der Waals surface area contributed by atoms with E-state index in [1.54, 1.807) is 29.7 Å². The molecule has 2 heterocycles. The standard InChI is InChI=1S/C18H20N4O3S/c1-3-22(16-9-5-4-8-14(16)2)26(24,25)20-18(23)12-15-13-21-11-7-6-10-17(21)19-15/h4-11,13H,3,12H2,1-2H3,(H,20,23). The van der Waals surface area contributed by atoms with Gasteiger partial charge in [0.25, 0.3) is 0 Å². The maximum absolute atomic E-state index is 12.7. The first-order chi connectivity index (χ1) is 12.4. The van der Waals surface area contributed by atoms with Crippen LogP contribution in [0.3, 0.4) is 0 Å². The Hall–Kier alpha value is -2.87. The van der Waals surface area contributed by atoms with Crippen LogP contribution in [0, 0.1) is 6.92 Å². The van der Waals surface area contributed by atoms with Gasteiger partial charge in [0, 0.05) is 18.9 Å². The molecule has 8 heteroatoms. The van der Waals surface area contributed by atoms with Crippen molar-refractivity contribution in [1.29, 1.82) is 0 Å². The van der Waals surface area contributed by atoms with Crippen molar-refractivity contribution in [3.8, 4) is 0 Å². The number of hydrogen-bond acceptors (Lipinski definition) is 4. The minimum absolute atomic E-state index is 0.119. The van der Waals surface area contributed by atoms with Crippen LogP contribution in [0.1, 0.15) is 18.2 Å². The minimum atomic E-state index is -4.00. The molecule has 0 saturated heterocycles. The highest BCUT2D eigenvalue weighted by Gasteiger charge is 2.24. The van der Waals surface area contributed by atoms with Crippen molar-refractivity contribution in [2.45, 2.75) is 20.3 Å². The van der Waals surface area contributed by atoms with Crippen molar-refractivity contribution < 1.29 is 13.2 Å². The lowest BCUT2D eigenvalue weighted by atomic mass is 10.2. The molecule has 1 amide bonds. The second-order valence-electron chi connectivity index (χ2n) is 5.86. The largest absolute Gasteiger partial charge is 0.326 e. The van der Waals surface area contributed by atoms with E-state index in [4.69, 9.17) is 0 Å². The number of anilines is 1. The van der Waals surface area contributed by atoms with Gasteiger partial charge < -0.3 is 4.40 Å². The summed E-state index contributed by atoms with van der Waals surface area (Å²) in [5.41, 5.74) is 2.56. The number of fused-ring (bicyclic) bond motifs is 1. The number of rotatable bonds is 6. The predicted molar refractivity (Wildman–Crippen MR) is 100 cm³/mol. The van der Waals surface area contributed by atoms with E-state index in [1.807, 2.05) is 43.5 Å². The maximum Gasteiger partial charge on any atom is 0.326 e. The molecule has 1 aromatic carbocycles. The van der Waals surface area contributed by atoms with E-state index in [0.717, 1.165) is 5.56 Å². The fourth-order valence-corrected chi connectivity index (χ4v) is 4.06. The van der Waals surface area contributed by atoms with E-state index in [2.05, 4.69) is 9.71 Å². The zero-order valence-corrected chi connectivity index (χ0v) is 15.4. The quantitative estimate of drug-likeness (QED) is 0.718. The molecule has 0 aliphatic heterocycles. The molecule has 0 radical (unpaired) electrons. The molecule has 0 saturated carbocycles. The van der Waals surface area contributed by atoms with Gasteiger partial charge in [0.15, 0.2) is 0 Å². The molecule has 1 N–H and O–H groups in total. The van der Waals surface area contributed by atoms with Crippen LogP contribution in [0.15, 0.2) is 54.9 Å². The summed E-state index contributed by atoms with van der Waals surface area (Å²) < 4.78 is 30.4. The van der Waals surface area contributed by atoms with Gasteiger partial charge in [-0.05, 0) is 37.6 Å². The molecular formula is C18H20N4O3S. The zero-order valence-electron chi connectivity index (χ0n) is 14.6. The van der Waals surface area contributed by atoms with Crippen molar-refractivity contribution in [2.75, 3.05) is 10.8 Å². The number of amides is 1. The number of carbonyl (C=O) groups is 1. The van der Waals surface area contributed by atoms with Crippen molar-refractivity contribution in [3.05, 3.63) is 66.1 Å². The lowest BCUT2D eigenvalue weighted by Crippen LogP contribution is -2.44. The van der Waals surface area contributed by atoms with Gasteiger partial charge in [-0.1, -0.05) is 24.3 Å². The van der Waals surface area contributed by atoms with E-state index in [1.165, 1.54) is 4.31 Å². The van der Waals surface area contributed by atoms with Gasteiger partial charge >= 0.3 is 10.2 Å². The topological polar surface area (TPSA) is 83.8 Å². The van der Waals surface area contributed by atoms with Crippen LogP contribution in [-0.2, 0) is 21.4 Å². The number of aryl methyl sites for hydroxylation is 1. The Balaban J connectivity index is 1.77. The van der Waals surface area contributed by atoms with Gasteiger partial charge in [-0.15, -0.1) is 0 Å². The molecule has 0 bridgehead atoms. The molecule has 0 spiro atoms. The Morgan fingerprint density at radius 2 is 1.92 bits per heavy atom. The van der Waals surface area contributed by atoms with Crippen molar-refractivity contribution in [2.24, 2.45) is 0 Å². The van der Waals surface area contributed by atoms with Crippen LogP contribution >= 0.6 is 0 Å². The molecule has 0 aliphatic rings. The molecule has 3 aromatic rings. The fraction of sp³-hybridized carbons (Fsp3) is 0.222. The van der Waals surface area contributed by atoms with Gasteiger partial charge in [-0.25, -0.2) is 9.71 Å². The summed E-state index contributed by atoms with van der Waals surface area (Å²) in [4.78, 5) is 16.6. The summed E-state index contributed by atoms with van der Waals surface area (Å²) in [5, 5.41) is 0. The smallest absolute Gasteiger partial charge is 0.307 e. The van der Waals surface area contributed by atoms with Crippen LogP contribution in [-0.4, -0.2) is 30.3 Å². The highest BCUT2D eigenvalue weighted by atomic mass is 32.2. The Morgan fingerprint density at radius 3 is 2.62 bits per heavy atom. The summed E-state index contributed by atoms with van der Waals surface area (Å²) in [7, 11) is -4.00. The zero-order chi connectivity index (χ0) is 18.7. The Morgan fingerprint density at radius 1 is 1.19 bits per heavy atom. The van der Waals surface area contributed by atoms with E-state index in [9.17, 15) is 13.2 Å². The Bertz CT molecular complexity index is 1010. The highest BCUT2D eigenvalue weighted by Crippen LogP contribution is 2.21. The van der Waals surface area contributed by atoms with E-state index in [0.29, 0.717) is 17.0 Å². The van der Waals surface area contributed by atoms with Gasteiger partial charge in [0.05, 0.1) is 17.8 Å². The second kappa shape index (κ2) is 7.17. The highest BCUT2D eigenvalue weighted by molar-refractivity contribution is 7.91. The Labute approximate surface area is 152 Å². The summed E-state index contributed by atoms with van der Waals surface area (Å²) in [6, 6.07) is 12.6. The van der Waals surface area contributed by atoms with Gasteiger partial charge in [0.2, 0.25) is 5.91 Å². The molecule has 136 valence electrons. The van der Waals surface area contributed by atoms with Crippen molar-refractivity contribution in [3.63, 3.8) is 0 Å². The van der Waals surface area contributed by atoms with E-state index in [-0.39, 0.29) is 13.0 Å². The summed E-state index contributed by atoms with van der Waals surface area (Å²) in [6.45, 7) is 3.76. The molecule has 0 atom stereocenters. The number of pyridine rings is 1. The van der Waals surface area contributed by atoms with E-state index < -0.39 is 16.1 Å². The summed E-state index contributed by atoms with van der Waals surface area (Å²) >= 11 is 0. The SMILES string of the molecule is CCN(c1ccccc1C)S(=O)(=O)NC(=O)Cc1cn2ccccc2n1. The number of benzene rings is 1. The molecule has 0 fully saturated rings. The van der Waals surface area contributed by atoms with Gasteiger partial charge in [0.1, 0.15) is 5.65 Å². The van der Waals surface area contributed by atoms with Gasteiger partial charge in [-0.2, -0.15) is 8.42 Å². The molecule has 0 aliphatic carbocycles. The first-order valence-electron chi connectivity index (χ1n) is 8.22. The number of nitrogens with zero attached hydrogens (tertiary/aromatic N) is 3. The average molecular weight is 372 g/mol. The van der Waals surface area contributed by atoms with Crippen molar-refractivity contribution in [1.82, 2.24) is 14.1 Å². The van der Waals surface area contributed by atoms with Crippen molar-refractivity contribution >= 4 is 27.5 Å². The van der Waals surface area contributed by atoms with Gasteiger partial charge in [-0.3, -0.25) is 9.10 Å². The number of imidazole rings is 1. The lowest BCUT2D eigenvalue weighted by molar-refractivity contribution is -0.118. The molecule has 3 rings (SSSR count). The third-order valence-electron chi connectivity index (χ3n) is 3.96. The van der Waals surface area contributed by atoms with Crippen LogP contribution in [0.5, 0.6) is 0 Å². The van der Waals surface area contributed by atoms with Crippen LogP contribution < -0.4 is 9.03 Å². The molecular weight excluding hydrogens is 352 g/mol. The van der Waals surface area contributed by atoms with Crippen LogP contribution in [0.2, 0.25) is 0 Å². The van der Waals surface area contributed by atoms with E-state index >= 15 is 0 Å². The maximum atomic E-state index is 12.7. The number of para-hydroxylation sites is 1. The summed E-state index contributed by atoms with van der Waals surface area (Å²) in [6.07, 6.45) is 3.41. The number of aromatic nitrogens is 2. The Kier molecular flexibility index (Phi) is 4.94. The number of nitrogens with one attached hydrogen (secondary N) is 1. The minimum Gasteiger partial charge on any atom is -0.307 e. The third kappa shape index (κ3) is 3.70. The normalized spacial score (nSPS) is 11.5. The molecule has 2 aromatic heterocycles. The monoisotopic (exact) mass is 372 g/mol. The molecule has 26 heavy (non-hydrogen) atoms. The molecule has 0 unspecified atom stereocenters.